The van der Waals surface area contributed by atoms with E-state index in [1.165, 1.54) is 0 Å². The number of nitrogens with zero attached hydrogens (tertiary/aromatic N) is 6. The van der Waals surface area contributed by atoms with Crippen molar-refractivity contribution in [1.82, 2.24) is 29.7 Å². The zero-order valence-corrected chi connectivity index (χ0v) is 23.6. The molecular formula is C28H34ClN9O2. The molecular weight excluding hydrogens is 530 g/mol. The Balaban J connectivity index is 1.24. The van der Waals surface area contributed by atoms with Gasteiger partial charge in [-0.05, 0) is 50.5 Å². The fraction of sp³-hybridized carbons (Fsp3) is 0.393. The van der Waals surface area contributed by atoms with Crippen LogP contribution in [0.4, 0.5) is 17.2 Å². The lowest BCUT2D eigenvalue weighted by Crippen LogP contribution is -2.20. The molecule has 1 saturated carbocycles. The molecule has 4 heterocycles. The fourth-order valence-corrected chi connectivity index (χ4v) is 5.02. The molecule has 4 aromatic rings. The molecule has 1 aliphatic rings. The Morgan fingerprint density at radius 3 is 2.77 bits per heavy atom. The molecule has 5 rings (SSSR count). The molecule has 4 aromatic heterocycles. The Bertz CT molecular complexity index is 1450. The number of rotatable bonds is 11. The van der Waals surface area contributed by atoms with Crippen molar-refractivity contribution in [3.8, 4) is 28.5 Å². The highest BCUT2D eigenvalue weighted by molar-refractivity contribution is 6.29. The minimum atomic E-state index is 0.0586. The minimum Gasteiger partial charge on any atom is -0.477 e. The Hall–Kier alpha value is -3.96. The van der Waals surface area contributed by atoms with Crippen molar-refractivity contribution < 1.29 is 9.47 Å². The summed E-state index contributed by atoms with van der Waals surface area (Å²) in [5.41, 5.74) is 10.1. The summed E-state index contributed by atoms with van der Waals surface area (Å²) in [6, 6.07) is 7.94. The molecule has 0 saturated heterocycles. The Morgan fingerprint density at radius 2 is 1.98 bits per heavy atom. The van der Waals surface area contributed by atoms with E-state index in [-0.39, 0.29) is 6.04 Å². The van der Waals surface area contributed by atoms with Crippen molar-refractivity contribution >= 4 is 28.8 Å². The number of anilines is 3. The van der Waals surface area contributed by atoms with Gasteiger partial charge in [-0.15, -0.1) is 0 Å². The molecule has 1 fully saturated rings. The highest BCUT2D eigenvalue weighted by Crippen LogP contribution is 2.32. The SMILES string of the molecule is CO[C@H]1CC[C@H](Nc2ccnc(-c3cnc(Cl)cc3N[C@@H](C)CCOc3c(-c4nccc(N)n4)cnn3C)c2)C1. The number of pyridine rings is 2. The van der Waals surface area contributed by atoms with Crippen molar-refractivity contribution in [2.45, 2.75) is 50.8 Å². The number of halogens is 1. The van der Waals surface area contributed by atoms with E-state index in [9.17, 15) is 0 Å². The summed E-state index contributed by atoms with van der Waals surface area (Å²) >= 11 is 6.28. The zero-order valence-electron chi connectivity index (χ0n) is 22.8. The average Bonchev–Trinajstić information content (AvgIpc) is 3.55. The van der Waals surface area contributed by atoms with Crippen LogP contribution in [0.1, 0.15) is 32.6 Å². The molecule has 4 N–H and O–H groups in total. The van der Waals surface area contributed by atoms with Gasteiger partial charge in [0.1, 0.15) is 16.5 Å². The van der Waals surface area contributed by atoms with E-state index in [0.29, 0.717) is 53.4 Å². The van der Waals surface area contributed by atoms with Crippen LogP contribution in [0.15, 0.2) is 49.1 Å². The standard InChI is InChI=1S/C28H34ClN9O2/c1-17(8-11-40-28-22(16-34-38(28)2)27-32-10-7-26(30)37-27)35-24-14-25(29)33-15-21(24)23-13-19(6-9-31-23)36-18-4-5-20(12-18)39-3/h6-7,9-10,13-18,20H,4-5,8,11-12H2,1-3H3,(H,31,36)(H,33,35)(H2,30,32,37)/t17-,18-,20-/m0/s1. The molecule has 0 aromatic carbocycles. The van der Waals surface area contributed by atoms with Crippen LogP contribution in [0.2, 0.25) is 5.15 Å². The monoisotopic (exact) mass is 563 g/mol. The predicted octanol–water partition coefficient (Wildman–Crippen LogP) is 4.82. The van der Waals surface area contributed by atoms with E-state index >= 15 is 0 Å². The number of aromatic nitrogens is 6. The number of hydrogen-bond donors (Lipinski definition) is 3. The van der Waals surface area contributed by atoms with E-state index in [1.54, 1.807) is 36.4 Å². The molecule has 0 amide bonds. The van der Waals surface area contributed by atoms with Crippen LogP contribution in [0, 0.1) is 0 Å². The maximum absolute atomic E-state index is 6.28. The van der Waals surface area contributed by atoms with Crippen molar-refractivity contribution in [2.24, 2.45) is 7.05 Å². The van der Waals surface area contributed by atoms with Gasteiger partial charge in [-0.2, -0.15) is 5.10 Å². The number of nitrogens with two attached hydrogens (primary N) is 1. The van der Waals surface area contributed by atoms with Crippen molar-refractivity contribution in [3.05, 3.63) is 54.2 Å². The van der Waals surface area contributed by atoms with Gasteiger partial charge in [-0.3, -0.25) is 4.98 Å². The van der Waals surface area contributed by atoms with Gasteiger partial charge >= 0.3 is 0 Å². The maximum Gasteiger partial charge on any atom is 0.222 e. The quantitative estimate of drug-likeness (QED) is 0.218. The molecule has 12 heteroatoms. The van der Waals surface area contributed by atoms with Gasteiger partial charge in [0.05, 0.1) is 24.6 Å². The third-order valence-corrected chi connectivity index (χ3v) is 7.20. The minimum absolute atomic E-state index is 0.0586. The lowest BCUT2D eigenvalue weighted by molar-refractivity contribution is 0.108. The van der Waals surface area contributed by atoms with Gasteiger partial charge in [-0.25, -0.2) is 19.6 Å². The van der Waals surface area contributed by atoms with Crippen LogP contribution in [-0.4, -0.2) is 61.6 Å². The van der Waals surface area contributed by atoms with Gasteiger partial charge in [0.25, 0.3) is 0 Å². The largest absolute Gasteiger partial charge is 0.477 e. The number of methoxy groups -OCH3 is 1. The third kappa shape index (κ3) is 6.60. The van der Waals surface area contributed by atoms with Gasteiger partial charge in [-0.1, -0.05) is 11.6 Å². The highest BCUT2D eigenvalue weighted by atomic mass is 35.5. The summed E-state index contributed by atoms with van der Waals surface area (Å²) < 4.78 is 13.3. The first-order chi connectivity index (χ1) is 19.4. The smallest absolute Gasteiger partial charge is 0.222 e. The first-order valence-electron chi connectivity index (χ1n) is 13.3. The number of ether oxygens (including phenoxy) is 2. The number of hydrogen-bond acceptors (Lipinski definition) is 10. The molecule has 0 bridgehead atoms. The highest BCUT2D eigenvalue weighted by Gasteiger charge is 2.24. The summed E-state index contributed by atoms with van der Waals surface area (Å²) in [6.45, 7) is 2.53. The van der Waals surface area contributed by atoms with E-state index in [4.69, 9.17) is 26.8 Å². The fourth-order valence-electron chi connectivity index (χ4n) is 4.87. The van der Waals surface area contributed by atoms with Crippen LogP contribution in [0.3, 0.4) is 0 Å². The lowest BCUT2D eigenvalue weighted by Gasteiger charge is -2.19. The average molecular weight is 564 g/mol. The van der Waals surface area contributed by atoms with Crippen LogP contribution < -0.4 is 21.1 Å². The normalized spacial score (nSPS) is 17.5. The summed E-state index contributed by atoms with van der Waals surface area (Å²) in [6.07, 6.45) is 11.0. The maximum atomic E-state index is 6.28. The molecule has 1 aliphatic carbocycles. The first-order valence-corrected chi connectivity index (χ1v) is 13.7. The molecule has 0 radical (unpaired) electrons. The number of aryl methyl sites for hydroxylation is 1. The van der Waals surface area contributed by atoms with Crippen LogP contribution >= 0.6 is 11.6 Å². The molecule has 0 aliphatic heterocycles. The van der Waals surface area contributed by atoms with Crippen LogP contribution in [-0.2, 0) is 11.8 Å². The van der Waals surface area contributed by atoms with Gasteiger partial charge in [0.2, 0.25) is 5.88 Å². The number of nitrogens with one attached hydrogen (secondary N) is 2. The second kappa shape index (κ2) is 12.5. The Labute approximate surface area is 238 Å². The molecule has 40 heavy (non-hydrogen) atoms. The molecule has 0 spiro atoms. The second-order valence-corrected chi connectivity index (χ2v) is 10.4. The molecule has 3 atom stereocenters. The third-order valence-electron chi connectivity index (χ3n) is 6.99. The van der Waals surface area contributed by atoms with Crippen molar-refractivity contribution in [2.75, 3.05) is 30.1 Å². The predicted molar refractivity (Wildman–Crippen MR) is 156 cm³/mol. The molecule has 0 unspecified atom stereocenters. The first kappa shape index (κ1) is 27.6. The second-order valence-electron chi connectivity index (χ2n) is 9.97. The van der Waals surface area contributed by atoms with Crippen LogP contribution in [0.5, 0.6) is 5.88 Å². The van der Waals surface area contributed by atoms with E-state index in [0.717, 1.165) is 41.9 Å². The zero-order chi connectivity index (χ0) is 28.1. The van der Waals surface area contributed by atoms with E-state index < -0.39 is 0 Å². The van der Waals surface area contributed by atoms with Gasteiger partial charge in [0, 0.05) is 68.2 Å². The Kier molecular flexibility index (Phi) is 8.61. The number of nitrogen functional groups attached to an aromatic ring is 1. The lowest BCUT2D eigenvalue weighted by atomic mass is 10.1. The van der Waals surface area contributed by atoms with Crippen molar-refractivity contribution in [3.63, 3.8) is 0 Å². The summed E-state index contributed by atoms with van der Waals surface area (Å²) in [5.74, 6) is 1.44. The summed E-state index contributed by atoms with van der Waals surface area (Å²) in [7, 11) is 3.59. The van der Waals surface area contributed by atoms with Gasteiger partial charge in [0.15, 0.2) is 5.82 Å². The summed E-state index contributed by atoms with van der Waals surface area (Å²) in [4.78, 5) is 17.5. The Morgan fingerprint density at radius 1 is 1.12 bits per heavy atom. The van der Waals surface area contributed by atoms with E-state index in [1.807, 2.05) is 31.4 Å². The molecule has 11 nitrogen and oxygen atoms in total. The summed E-state index contributed by atoms with van der Waals surface area (Å²) in [5, 5.41) is 11.9. The van der Waals surface area contributed by atoms with Crippen LogP contribution in [0.25, 0.3) is 22.6 Å². The van der Waals surface area contributed by atoms with Crippen molar-refractivity contribution in [1.29, 1.82) is 0 Å². The topological polar surface area (TPSA) is 138 Å². The molecule has 210 valence electrons. The van der Waals surface area contributed by atoms with E-state index in [2.05, 4.69) is 42.6 Å². The van der Waals surface area contributed by atoms with Gasteiger partial charge < -0.3 is 25.8 Å².